The lowest BCUT2D eigenvalue weighted by molar-refractivity contribution is 0.327. The molecule has 1 N–H and O–H groups in total. The van der Waals surface area contributed by atoms with Gasteiger partial charge in [-0.1, -0.05) is 24.9 Å². The first kappa shape index (κ1) is 12.9. The van der Waals surface area contributed by atoms with Crippen LogP contribution < -0.4 is 5.32 Å². The Morgan fingerprint density at radius 3 is 3.00 bits per heavy atom. The van der Waals surface area contributed by atoms with E-state index in [4.69, 9.17) is 16.6 Å². The zero-order chi connectivity index (χ0) is 13.5. The number of fused-ring (bicyclic) bond motifs is 1. The lowest BCUT2D eigenvalue weighted by Crippen LogP contribution is -2.39. The Balaban J connectivity index is 2.16. The van der Waals surface area contributed by atoms with Crippen molar-refractivity contribution >= 4 is 22.6 Å². The topological polar surface area (TPSA) is 29.9 Å². The van der Waals surface area contributed by atoms with E-state index in [2.05, 4.69) is 23.9 Å². The Morgan fingerprint density at radius 1 is 1.47 bits per heavy atom. The Morgan fingerprint density at radius 2 is 2.32 bits per heavy atom. The number of hydrogen-bond acceptors (Lipinski definition) is 2. The molecule has 1 atom stereocenters. The monoisotopic (exact) mass is 277 g/mol. The van der Waals surface area contributed by atoms with Crippen molar-refractivity contribution in [3.8, 4) is 0 Å². The maximum absolute atomic E-state index is 6.10. The highest BCUT2D eigenvalue weighted by Gasteiger charge is 2.38. The Hall–Kier alpha value is -1.06. The Bertz CT molecular complexity index is 597. The molecule has 0 bridgehead atoms. The highest BCUT2D eigenvalue weighted by molar-refractivity contribution is 6.31. The third-order valence-electron chi connectivity index (χ3n) is 4.19. The molecular weight excluding hydrogens is 258 g/mol. The van der Waals surface area contributed by atoms with Crippen molar-refractivity contribution in [3.05, 3.63) is 29.0 Å². The van der Waals surface area contributed by atoms with Crippen LogP contribution in [0.2, 0.25) is 5.02 Å². The van der Waals surface area contributed by atoms with Crippen LogP contribution in [-0.4, -0.2) is 16.1 Å². The zero-order valence-electron chi connectivity index (χ0n) is 11.5. The predicted octanol–water partition coefficient (Wildman–Crippen LogP) is 3.61. The fraction of sp³-hybridized carbons (Fsp3) is 0.533. The van der Waals surface area contributed by atoms with Gasteiger partial charge in [0, 0.05) is 12.1 Å². The molecule has 1 saturated heterocycles. The van der Waals surface area contributed by atoms with Crippen LogP contribution in [0.1, 0.15) is 38.4 Å². The van der Waals surface area contributed by atoms with Crippen molar-refractivity contribution in [3.63, 3.8) is 0 Å². The third-order valence-corrected chi connectivity index (χ3v) is 4.43. The molecule has 102 valence electrons. The molecule has 0 saturated carbocycles. The molecule has 2 aromatic rings. The van der Waals surface area contributed by atoms with Crippen molar-refractivity contribution in [2.75, 3.05) is 6.54 Å². The standard InChI is InChI=1S/C15H20ClN3/c1-3-7-15(8-4-9-17-15)14-18-12-6-5-11(16)10-13(12)19(14)2/h5-6,10,17H,3-4,7-9H2,1-2H3. The van der Waals surface area contributed by atoms with Crippen molar-refractivity contribution in [2.24, 2.45) is 7.05 Å². The summed E-state index contributed by atoms with van der Waals surface area (Å²) in [5.74, 6) is 1.16. The number of rotatable bonds is 3. The summed E-state index contributed by atoms with van der Waals surface area (Å²) in [4.78, 5) is 4.87. The number of halogens is 1. The van der Waals surface area contributed by atoms with E-state index >= 15 is 0 Å². The summed E-state index contributed by atoms with van der Waals surface area (Å²) >= 11 is 6.10. The lowest BCUT2D eigenvalue weighted by atomic mass is 9.91. The van der Waals surface area contributed by atoms with Gasteiger partial charge in [-0.25, -0.2) is 4.98 Å². The summed E-state index contributed by atoms with van der Waals surface area (Å²) in [5.41, 5.74) is 2.20. The molecule has 0 amide bonds. The SMILES string of the molecule is CCCC1(c2nc3ccc(Cl)cc3n2C)CCCN1. The lowest BCUT2D eigenvalue weighted by Gasteiger charge is -2.28. The maximum Gasteiger partial charge on any atom is 0.130 e. The molecule has 0 aliphatic carbocycles. The smallest absolute Gasteiger partial charge is 0.130 e. The summed E-state index contributed by atoms with van der Waals surface area (Å²) in [7, 11) is 2.10. The van der Waals surface area contributed by atoms with Gasteiger partial charge in [-0.3, -0.25) is 0 Å². The quantitative estimate of drug-likeness (QED) is 0.929. The molecule has 1 aliphatic rings. The third kappa shape index (κ3) is 2.05. The van der Waals surface area contributed by atoms with Crippen LogP contribution in [0.25, 0.3) is 11.0 Å². The van der Waals surface area contributed by atoms with Crippen LogP contribution in [0.15, 0.2) is 18.2 Å². The van der Waals surface area contributed by atoms with Gasteiger partial charge in [-0.15, -0.1) is 0 Å². The number of aryl methyl sites for hydroxylation is 1. The van der Waals surface area contributed by atoms with Crippen LogP contribution in [0.3, 0.4) is 0 Å². The second-order valence-corrected chi connectivity index (χ2v) is 5.93. The molecule has 3 rings (SSSR count). The Labute approximate surface area is 119 Å². The van der Waals surface area contributed by atoms with E-state index in [1.807, 2.05) is 18.2 Å². The number of nitrogens with one attached hydrogen (secondary N) is 1. The molecule has 1 aromatic carbocycles. The summed E-state index contributed by atoms with van der Waals surface area (Å²) in [6.45, 7) is 3.32. The van der Waals surface area contributed by atoms with Gasteiger partial charge in [0.05, 0.1) is 16.6 Å². The second-order valence-electron chi connectivity index (χ2n) is 5.49. The summed E-state index contributed by atoms with van der Waals surface area (Å²) in [5, 5.41) is 4.46. The first-order chi connectivity index (χ1) is 9.16. The molecule has 19 heavy (non-hydrogen) atoms. The van der Waals surface area contributed by atoms with Crippen LogP contribution in [-0.2, 0) is 12.6 Å². The minimum absolute atomic E-state index is 0.0506. The van der Waals surface area contributed by atoms with Gasteiger partial charge in [0.15, 0.2) is 0 Å². The van der Waals surface area contributed by atoms with Gasteiger partial charge in [-0.2, -0.15) is 0 Å². The Kier molecular flexibility index (Phi) is 3.27. The van der Waals surface area contributed by atoms with Crippen LogP contribution in [0.5, 0.6) is 0 Å². The van der Waals surface area contributed by atoms with Crippen molar-refractivity contribution in [1.29, 1.82) is 0 Å². The minimum atomic E-state index is 0.0506. The second kappa shape index (κ2) is 4.80. The number of nitrogens with zero attached hydrogens (tertiary/aromatic N) is 2. The van der Waals surface area contributed by atoms with Crippen LogP contribution in [0.4, 0.5) is 0 Å². The molecule has 1 aromatic heterocycles. The molecule has 0 spiro atoms. The first-order valence-corrected chi connectivity index (χ1v) is 7.41. The molecule has 1 unspecified atom stereocenters. The van der Waals surface area contributed by atoms with E-state index < -0.39 is 0 Å². The molecule has 0 radical (unpaired) electrons. The fourth-order valence-corrected chi connectivity index (χ4v) is 3.51. The van der Waals surface area contributed by atoms with Crippen molar-refractivity contribution < 1.29 is 0 Å². The average molecular weight is 278 g/mol. The summed E-state index contributed by atoms with van der Waals surface area (Å²) in [6, 6.07) is 5.92. The molecular formula is C15H20ClN3. The van der Waals surface area contributed by atoms with E-state index in [9.17, 15) is 0 Å². The van der Waals surface area contributed by atoms with Gasteiger partial charge < -0.3 is 9.88 Å². The van der Waals surface area contributed by atoms with Crippen LogP contribution >= 0.6 is 11.6 Å². The van der Waals surface area contributed by atoms with E-state index in [0.29, 0.717) is 0 Å². The van der Waals surface area contributed by atoms with E-state index in [-0.39, 0.29) is 5.54 Å². The van der Waals surface area contributed by atoms with Crippen LogP contribution in [0, 0.1) is 0 Å². The van der Waals surface area contributed by atoms with E-state index in [1.165, 1.54) is 12.8 Å². The molecule has 1 aliphatic heterocycles. The molecule has 2 heterocycles. The first-order valence-electron chi connectivity index (χ1n) is 7.04. The molecule has 1 fully saturated rings. The van der Waals surface area contributed by atoms with E-state index in [0.717, 1.165) is 41.3 Å². The average Bonchev–Trinajstić information content (AvgIpc) is 2.97. The van der Waals surface area contributed by atoms with Gasteiger partial charge in [0.25, 0.3) is 0 Å². The van der Waals surface area contributed by atoms with Gasteiger partial charge in [0.1, 0.15) is 5.82 Å². The maximum atomic E-state index is 6.10. The molecule has 3 nitrogen and oxygen atoms in total. The van der Waals surface area contributed by atoms with Crippen molar-refractivity contribution in [1.82, 2.24) is 14.9 Å². The molecule has 4 heteroatoms. The van der Waals surface area contributed by atoms with Gasteiger partial charge in [0.2, 0.25) is 0 Å². The summed E-state index contributed by atoms with van der Waals surface area (Å²) < 4.78 is 2.20. The largest absolute Gasteiger partial charge is 0.330 e. The zero-order valence-corrected chi connectivity index (χ0v) is 12.3. The normalized spacial score (nSPS) is 23.3. The fourth-order valence-electron chi connectivity index (χ4n) is 3.34. The van der Waals surface area contributed by atoms with Crippen molar-refractivity contribution in [2.45, 2.75) is 38.1 Å². The number of imidazole rings is 1. The van der Waals surface area contributed by atoms with Gasteiger partial charge >= 0.3 is 0 Å². The minimum Gasteiger partial charge on any atom is -0.330 e. The van der Waals surface area contributed by atoms with Gasteiger partial charge in [-0.05, 0) is 44.0 Å². The number of benzene rings is 1. The van der Waals surface area contributed by atoms with E-state index in [1.54, 1.807) is 0 Å². The number of hydrogen-bond donors (Lipinski definition) is 1. The highest BCUT2D eigenvalue weighted by Crippen LogP contribution is 2.36. The highest BCUT2D eigenvalue weighted by atomic mass is 35.5. The predicted molar refractivity (Wildman–Crippen MR) is 79.5 cm³/mol. The summed E-state index contributed by atoms with van der Waals surface area (Å²) in [6.07, 6.45) is 4.70. The number of aromatic nitrogens is 2.